The summed E-state index contributed by atoms with van der Waals surface area (Å²) in [5.41, 5.74) is 1.52. The second kappa shape index (κ2) is 7.13. The Balaban J connectivity index is 1.64. The molecule has 128 valence electrons. The molecule has 1 N–H and O–H groups in total. The van der Waals surface area contributed by atoms with Gasteiger partial charge in [0, 0.05) is 12.5 Å². The normalized spacial score (nSPS) is 18.9. The molecule has 0 amide bonds. The van der Waals surface area contributed by atoms with E-state index in [4.69, 9.17) is 9.63 Å². The summed E-state index contributed by atoms with van der Waals surface area (Å²) in [6.45, 7) is 6.71. The highest BCUT2D eigenvalue weighted by molar-refractivity contribution is 5.87. The van der Waals surface area contributed by atoms with Gasteiger partial charge in [0.15, 0.2) is 5.82 Å². The van der Waals surface area contributed by atoms with Crippen LogP contribution in [0.25, 0.3) is 0 Å². The van der Waals surface area contributed by atoms with E-state index in [1.165, 1.54) is 5.56 Å². The zero-order valence-corrected chi connectivity index (χ0v) is 14.1. The Labute approximate surface area is 141 Å². The van der Waals surface area contributed by atoms with Crippen molar-refractivity contribution in [3.05, 3.63) is 47.1 Å². The van der Waals surface area contributed by atoms with Gasteiger partial charge in [-0.25, -0.2) is 4.79 Å². The smallest absolute Gasteiger partial charge is 0.335 e. The summed E-state index contributed by atoms with van der Waals surface area (Å²) >= 11 is 0. The van der Waals surface area contributed by atoms with Crippen LogP contribution in [0.2, 0.25) is 0 Å². The number of carbonyl (C=O) groups is 1. The first kappa shape index (κ1) is 16.6. The first-order chi connectivity index (χ1) is 11.5. The third-order valence-corrected chi connectivity index (χ3v) is 4.49. The van der Waals surface area contributed by atoms with E-state index in [1.807, 2.05) is 26.0 Å². The monoisotopic (exact) mass is 329 g/mol. The number of nitrogens with zero attached hydrogens (tertiary/aromatic N) is 3. The summed E-state index contributed by atoms with van der Waals surface area (Å²) in [4.78, 5) is 17.7. The van der Waals surface area contributed by atoms with Crippen LogP contribution in [0, 0.1) is 0 Å². The van der Waals surface area contributed by atoms with Crippen molar-refractivity contribution in [3.63, 3.8) is 0 Å². The Morgan fingerprint density at radius 1 is 1.38 bits per heavy atom. The van der Waals surface area contributed by atoms with Crippen LogP contribution in [0.5, 0.6) is 0 Å². The van der Waals surface area contributed by atoms with Crippen molar-refractivity contribution in [2.75, 3.05) is 13.1 Å². The zero-order valence-electron chi connectivity index (χ0n) is 14.1. The molecule has 1 aromatic carbocycles. The molecule has 0 aliphatic carbocycles. The van der Waals surface area contributed by atoms with Gasteiger partial charge in [-0.15, -0.1) is 0 Å². The van der Waals surface area contributed by atoms with Gasteiger partial charge in [-0.3, -0.25) is 4.90 Å². The second-order valence-corrected chi connectivity index (χ2v) is 6.70. The van der Waals surface area contributed by atoms with Crippen LogP contribution in [-0.2, 0) is 6.54 Å². The van der Waals surface area contributed by atoms with Crippen LogP contribution in [-0.4, -0.2) is 39.2 Å². The topological polar surface area (TPSA) is 79.5 Å². The van der Waals surface area contributed by atoms with E-state index in [0.29, 0.717) is 23.9 Å². The molecule has 1 aromatic heterocycles. The number of aromatic carboxylic acids is 1. The predicted octanol–water partition coefficient (Wildman–Crippen LogP) is 3.27. The van der Waals surface area contributed by atoms with Crippen molar-refractivity contribution in [1.82, 2.24) is 15.0 Å². The third kappa shape index (κ3) is 3.82. The fraction of sp³-hybridized carbons (Fsp3) is 0.500. The number of hydrogen-bond acceptors (Lipinski definition) is 5. The maximum atomic E-state index is 11.0. The molecule has 3 rings (SSSR count). The summed E-state index contributed by atoms with van der Waals surface area (Å²) in [7, 11) is 0. The van der Waals surface area contributed by atoms with Gasteiger partial charge < -0.3 is 9.63 Å². The Bertz CT molecular complexity index is 694. The molecule has 24 heavy (non-hydrogen) atoms. The van der Waals surface area contributed by atoms with E-state index in [-0.39, 0.29) is 5.92 Å². The molecule has 0 bridgehead atoms. The van der Waals surface area contributed by atoms with Gasteiger partial charge in [0.1, 0.15) is 0 Å². The zero-order chi connectivity index (χ0) is 17.1. The van der Waals surface area contributed by atoms with Gasteiger partial charge in [-0.05, 0) is 43.0 Å². The van der Waals surface area contributed by atoms with Crippen LogP contribution >= 0.6 is 0 Å². The Morgan fingerprint density at radius 3 is 2.75 bits per heavy atom. The summed E-state index contributed by atoms with van der Waals surface area (Å²) in [6.07, 6.45) is 2.22. The van der Waals surface area contributed by atoms with Gasteiger partial charge in [0.25, 0.3) is 0 Å². The number of likely N-dealkylation sites (tertiary alicyclic amines) is 1. The van der Waals surface area contributed by atoms with Crippen molar-refractivity contribution in [2.45, 2.75) is 45.1 Å². The van der Waals surface area contributed by atoms with Crippen molar-refractivity contribution in [3.8, 4) is 0 Å². The quantitative estimate of drug-likeness (QED) is 0.907. The summed E-state index contributed by atoms with van der Waals surface area (Å²) in [5.74, 6) is 1.21. The van der Waals surface area contributed by atoms with Gasteiger partial charge >= 0.3 is 5.97 Å². The van der Waals surface area contributed by atoms with Crippen LogP contribution in [0.4, 0.5) is 0 Å². The second-order valence-electron chi connectivity index (χ2n) is 6.70. The van der Waals surface area contributed by atoms with Crippen LogP contribution < -0.4 is 0 Å². The number of hydrogen-bond donors (Lipinski definition) is 1. The molecule has 1 aliphatic heterocycles. The molecular formula is C18H23N3O3. The van der Waals surface area contributed by atoms with E-state index in [9.17, 15) is 4.79 Å². The number of carboxylic acids is 1. The minimum absolute atomic E-state index is 0.268. The molecule has 2 heterocycles. The van der Waals surface area contributed by atoms with Gasteiger partial charge in [-0.2, -0.15) is 4.98 Å². The fourth-order valence-corrected chi connectivity index (χ4v) is 3.13. The number of rotatable bonds is 5. The van der Waals surface area contributed by atoms with E-state index in [0.717, 1.165) is 31.8 Å². The van der Waals surface area contributed by atoms with Gasteiger partial charge in [-0.1, -0.05) is 31.1 Å². The minimum atomic E-state index is -0.885. The fourth-order valence-electron chi connectivity index (χ4n) is 3.13. The van der Waals surface area contributed by atoms with Gasteiger partial charge in [0.05, 0.1) is 12.1 Å². The van der Waals surface area contributed by atoms with Crippen LogP contribution in [0.3, 0.4) is 0 Å². The average molecular weight is 329 g/mol. The SMILES string of the molecule is CC(C)c1noc(CN2CCC[C@@H](c3ccc(C(=O)O)cc3)C2)n1. The highest BCUT2D eigenvalue weighted by atomic mass is 16.5. The summed E-state index contributed by atoms with van der Waals surface area (Å²) in [6, 6.07) is 7.23. The third-order valence-electron chi connectivity index (χ3n) is 4.49. The van der Waals surface area contributed by atoms with Gasteiger partial charge in [0.2, 0.25) is 5.89 Å². The number of piperidine rings is 1. The molecule has 1 atom stereocenters. The predicted molar refractivity (Wildman–Crippen MR) is 89.0 cm³/mol. The lowest BCUT2D eigenvalue weighted by Gasteiger charge is -2.32. The van der Waals surface area contributed by atoms with Crippen LogP contribution in [0.1, 0.15) is 66.2 Å². The summed E-state index contributed by atoms with van der Waals surface area (Å²) in [5, 5.41) is 13.0. The molecule has 1 aliphatic rings. The lowest BCUT2D eigenvalue weighted by atomic mass is 9.90. The van der Waals surface area contributed by atoms with E-state index >= 15 is 0 Å². The summed E-state index contributed by atoms with van der Waals surface area (Å²) < 4.78 is 5.34. The standard InChI is InChI=1S/C18H23N3O3/c1-12(2)17-19-16(24-20-17)11-21-9-3-4-15(10-21)13-5-7-14(8-6-13)18(22)23/h5-8,12,15H,3-4,9-11H2,1-2H3,(H,22,23)/t15-/m1/s1. The van der Waals surface area contributed by atoms with Crippen molar-refractivity contribution in [1.29, 1.82) is 0 Å². The lowest BCUT2D eigenvalue weighted by molar-refractivity contribution is 0.0697. The van der Waals surface area contributed by atoms with E-state index < -0.39 is 5.97 Å². The lowest BCUT2D eigenvalue weighted by Crippen LogP contribution is -2.34. The number of carboxylic acid groups (broad SMARTS) is 1. The van der Waals surface area contributed by atoms with E-state index in [1.54, 1.807) is 12.1 Å². The molecule has 2 aromatic rings. The molecule has 0 radical (unpaired) electrons. The highest BCUT2D eigenvalue weighted by Gasteiger charge is 2.23. The average Bonchev–Trinajstić information content (AvgIpc) is 3.04. The minimum Gasteiger partial charge on any atom is -0.478 e. The Hall–Kier alpha value is -2.21. The Morgan fingerprint density at radius 2 is 2.12 bits per heavy atom. The first-order valence-corrected chi connectivity index (χ1v) is 8.41. The van der Waals surface area contributed by atoms with Crippen LogP contribution in [0.15, 0.2) is 28.8 Å². The maximum absolute atomic E-state index is 11.0. The maximum Gasteiger partial charge on any atom is 0.335 e. The van der Waals surface area contributed by atoms with Crippen molar-refractivity contribution >= 4 is 5.97 Å². The molecule has 0 unspecified atom stereocenters. The largest absolute Gasteiger partial charge is 0.478 e. The van der Waals surface area contributed by atoms with E-state index in [2.05, 4.69) is 15.0 Å². The Kier molecular flexibility index (Phi) is 4.94. The molecule has 1 fully saturated rings. The number of aromatic nitrogens is 2. The molecule has 6 nitrogen and oxygen atoms in total. The molecule has 0 saturated carbocycles. The molecule has 0 spiro atoms. The number of benzene rings is 1. The molecule has 1 saturated heterocycles. The van der Waals surface area contributed by atoms with Crippen molar-refractivity contribution in [2.24, 2.45) is 0 Å². The molecular weight excluding hydrogens is 306 g/mol. The first-order valence-electron chi connectivity index (χ1n) is 8.41. The molecule has 6 heteroatoms. The van der Waals surface area contributed by atoms with Crippen molar-refractivity contribution < 1.29 is 14.4 Å². The highest BCUT2D eigenvalue weighted by Crippen LogP contribution is 2.28.